The maximum Gasteiger partial charge on any atom is 0.418 e. The molecule has 1 aromatic carbocycles. The fraction of sp³-hybridized carbons (Fsp3) is 0.448. The highest BCUT2D eigenvalue weighted by molar-refractivity contribution is 5.73. The maximum atomic E-state index is 14.3. The first-order valence-electron chi connectivity index (χ1n) is 13.9. The lowest BCUT2D eigenvalue weighted by atomic mass is 9.72. The third-order valence-electron chi connectivity index (χ3n) is 8.51. The number of halogens is 3. The van der Waals surface area contributed by atoms with Crippen molar-refractivity contribution in [2.45, 2.75) is 44.8 Å². The van der Waals surface area contributed by atoms with Crippen LogP contribution in [-0.2, 0) is 24.6 Å². The van der Waals surface area contributed by atoms with Crippen LogP contribution in [0.4, 0.5) is 13.2 Å². The van der Waals surface area contributed by atoms with Gasteiger partial charge in [-0.3, -0.25) is 18.7 Å². The van der Waals surface area contributed by atoms with E-state index in [0.29, 0.717) is 43.3 Å². The van der Waals surface area contributed by atoms with E-state index in [-0.39, 0.29) is 23.9 Å². The Balaban J connectivity index is 1.38. The highest BCUT2D eigenvalue weighted by atomic mass is 19.4. The molecule has 9 nitrogen and oxygen atoms in total. The van der Waals surface area contributed by atoms with Gasteiger partial charge in [0.25, 0.3) is 0 Å². The van der Waals surface area contributed by atoms with Gasteiger partial charge in [0.15, 0.2) is 0 Å². The first kappa shape index (κ1) is 27.3. The van der Waals surface area contributed by atoms with Gasteiger partial charge in [-0.15, -0.1) is 10.2 Å². The zero-order chi connectivity index (χ0) is 28.9. The minimum atomic E-state index is -4.64. The predicted molar refractivity (Wildman–Crippen MR) is 146 cm³/mol. The van der Waals surface area contributed by atoms with Gasteiger partial charge >= 0.3 is 11.9 Å². The fourth-order valence-corrected chi connectivity index (χ4v) is 6.07. The average molecular weight is 568 g/mol. The number of fused-ring (bicyclic) bond motifs is 1. The molecule has 2 fully saturated rings. The van der Waals surface area contributed by atoms with Gasteiger partial charge in [-0.25, -0.2) is 4.79 Å². The van der Waals surface area contributed by atoms with Crippen molar-refractivity contribution in [1.29, 1.82) is 0 Å². The molecule has 0 spiro atoms. The Labute approximate surface area is 234 Å². The van der Waals surface area contributed by atoms with Gasteiger partial charge in [-0.2, -0.15) is 13.2 Å². The number of hydrogen-bond acceptors (Lipinski definition) is 5. The van der Waals surface area contributed by atoms with E-state index in [4.69, 9.17) is 0 Å². The summed E-state index contributed by atoms with van der Waals surface area (Å²) in [5.74, 6) is 1.17. The maximum absolute atomic E-state index is 14.3. The highest BCUT2D eigenvalue weighted by Gasteiger charge is 2.35. The average Bonchev–Trinajstić information content (AvgIpc) is 3.48. The van der Waals surface area contributed by atoms with E-state index < -0.39 is 17.4 Å². The van der Waals surface area contributed by atoms with Gasteiger partial charge in [-0.05, 0) is 48.1 Å². The molecule has 1 atom stereocenters. The van der Waals surface area contributed by atoms with Crippen LogP contribution in [0.1, 0.15) is 54.6 Å². The van der Waals surface area contributed by atoms with Gasteiger partial charge in [-0.1, -0.05) is 18.6 Å². The normalized spacial score (nSPS) is 17.6. The molecule has 1 amide bonds. The summed E-state index contributed by atoms with van der Waals surface area (Å²) >= 11 is 0. The second kappa shape index (κ2) is 10.5. The number of carbonyl (C=O) groups excluding carboxylic acids is 1. The number of imidazole rings is 1. The number of amides is 1. The lowest BCUT2D eigenvalue weighted by Gasteiger charge is -2.34. The lowest BCUT2D eigenvalue weighted by Crippen LogP contribution is -2.47. The van der Waals surface area contributed by atoms with Gasteiger partial charge in [0, 0.05) is 65.0 Å². The second-order valence-electron chi connectivity index (χ2n) is 11.1. The van der Waals surface area contributed by atoms with Gasteiger partial charge in [0.2, 0.25) is 5.91 Å². The Bertz CT molecular complexity index is 1640. The van der Waals surface area contributed by atoms with Crippen LogP contribution in [0, 0.1) is 5.92 Å². The summed E-state index contributed by atoms with van der Waals surface area (Å²) in [6, 6.07) is 8.56. The van der Waals surface area contributed by atoms with Crippen LogP contribution in [0.25, 0.3) is 11.2 Å². The zero-order valence-electron chi connectivity index (χ0n) is 23.0. The van der Waals surface area contributed by atoms with Crippen LogP contribution in [0.3, 0.4) is 0 Å². The first-order valence-corrected chi connectivity index (χ1v) is 13.9. The summed E-state index contributed by atoms with van der Waals surface area (Å²) in [5, 5.41) is 8.40. The Morgan fingerprint density at radius 2 is 1.85 bits per heavy atom. The topological polar surface area (TPSA) is 80.7 Å². The molecule has 0 N–H and O–H groups in total. The van der Waals surface area contributed by atoms with Gasteiger partial charge < -0.3 is 9.47 Å². The van der Waals surface area contributed by atoms with Crippen molar-refractivity contribution in [3.63, 3.8) is 0 Å². The van der Waals surface area contributed by atoms with E-state index in [1.807, 2.05) is 34.7 Å². The van der Waals surface area contributed by atoms with E-state index in [0.717, 1.165) is 41.1 Å². The zero-order valence-corrected chi connectivity index (χ0v) is 23.0. The number of hydrogen-bond donors (Lipinski definition) is 0. The van der Waals surface area contributed by atoms with Crippen molar-refractivity contribution in [1.82, 2.24) is 33.5 Å². The van der Waals surface area contributed by atoms with Crippen LogP contribution in [0.2, 0.25) is 0 Å². The molecule has 0 radical (unpaired) electrons. The molecule has 3 aromatic heterocycles. The van der Waals surface area contributed by atoms with Crippen molar-refractivity contribution in [2.75, 3.05) is 26.2 Å². The molecule has 2 aliphatic rings. The van der Waals surface area contributed by atoms with Crippen LogP contribution < -0.4 is 5.69 Å². The van der Waals surface area contributed by atoms with Crippen LogP contribution >= 0.6 is 0 Å². The van der Waals surface area contributed by atoms with Crippen LogP contribution in [0.5, 0.6) is 0 Å². The third kappa shape index (κ3) is 5.16. The Hall–Kier alpha value is -3.93. The molecule has 12 heteroatoms. The minimum Gasteiger partial charge on any atom is -0.340 e. The van der Waals surface area contributed by atoms with Crippen molar-refractivity contribution < 1.29 is 18.0 Å². The number of aryl methyl sites for hydroxylation is 1. The SMILES string of the molecule is CC(=O)N1CCN(Cc2cc(C(F)(F)F)c3cn(-c4cccc(C(c5nncn5C)C5CCC5)c4)c(=O)n3c2)CC1. The molecule has 1 unspecified atom stereocenters. The molecule has 1 saturated carbocycles. The lowest BCUT2D eigenvalue weighted by molar-refractivity contribution is -0.136. The summed E-state index contributed by atoms with van der Waals surface area (Å²) in [5.41, 5.74) is 0.231. The first-order chi connectivity index (χ1) is 19.6. The van der Waals surface area contributed by atoms with Crippen molar-refractivity contribution in [3.05, 3.63) is 82.1 Å². The Morgan fingerprint density at radius 1 is 1.10 bits per heavy atom. The molecule has 6 rings (SSSR count). The molecular formula is C29H32F3N7O2. The molecule has 1 saturated heterocycles. The number of alkyl halides is 3. The molecule has 216 valence electrons. The highest BCUT2D eigenvalue weighted by Crippen LogP contribution is 2.43. The third-order valence-corrected chi connectivity index (χ3v) is 8.51. The number of nitrogens with zero attached hydrogens (tertiary/aromatic N) is 7. The van der Waals surface area contributed by atoms with Gasteiger partial charge in [0.1, 0.15) is 12.2 Å². The number of carbonyl (C=O) groups is 1. The Kier molecular flexibility index (Phi) is 6.96. The smallest absolute Gasteiger partial charge is 0.340 e. The van der Waals surface area contributed by atoms with E-state index in [1.165, 1.54) is 23.9 Å². The number of pyridine rings is 1. The largest absolute Gasteiger partial charge is 0.418 e. The second-order valence-corrected chi connectivity index (χ2v) is 11.1. The summed E-state index contributed by atoms with van der Waals surface area (Å²) < 4.78 is 47.1. The molecule has 41 heavy (non-hydrogen) atoms. The number of benzene rings is 1. The van der Waals surface area contributed by atoms with Crippen molar-refractivity contribution in [2.24, 2.45) is 13.0 Å². The fourth-order valence-electron chi connectivity index (χ4n) is 6.07. The standard InChI is InChI=1S/C29H32F3N7O2/c1-19(40)37-11-9-36(10-12-37)15-20-13-24(29(30,31)32)25-17-38(28(41)39(25)16-20)23-8-4-7-22(14-23)26(21-5-3-6-21)27-34-33-18-35(27)2/h4,7-8,13-14,16-18,21,26H,3,5-6,9-12,15H2,1-2H3. The van der Waals surface area contributed by atoms with Crippen molar-refractivity contribution >= 4 is 11.4 Å². The number of aromatic nitrogens is 5. The summed E-state index contributed by atoms with van der Waals surface area (Å²) in [7, 11) is 1.90. The molecule has 4 aromatic rings. The van der Waals surface area contributed by atoms with Gasteiger partial charge in [0.05, 0.1) is 16.8 Å². The van der Waals surface area contributed by atoms with Crippen molar-refractivity contribution in [3.8, 4) is 5.69 Å². The number of rotatable bonds is 6. The number of piperazine rings is 1. The molecule has 1 aliphatic heterocycles. The van der Waals surface area contributed by atoms with E-state index >= 15 is 0 Å². The van der Waals surface area contributed by atoms with Crippen LogP contribution in [-0.4, -0.2) is 65.6 Å². The molecule has 4 heterocycles. The summed E-state index contributed by atoms with van der Waals surface area (Å²) in [4.78, 5) is 29.0. The van der Waals surface area contributed by atoms with E-state index in [2.05, 4.69) is 10.2 Å². The summed E-state index contributed by atoms with van der Waals surface area (Å²) in [6.45, 7) is 3.90. The quantitative estimate of drug-likeness (QED) is 0.354. The predicted octanol–water partition coefficient (Wildman–Crippen LogP) is 3.83. The van der Waals surface area contributed by atoms with Crippen LogP contribution in [0.15, 0.2) is 53.8 Å². The molecule has 0 bridgehead atoms. The molecule has 1 aliphatic carbocycles. The Morgan fingerprint density at radius 3 is 2.46 bits per heavy atom. The van der Waals surface area contributed by atoms with E-state index in [9.17, 15) is 22.8 Å². The summed E-state index contributed by atoms with van der Waals surface area (Å²) in [6.07, 6.45) is 3.04. The van der Waals surface area contributed by atoms with E-state index in [1.54, 1.807) is 17.3 Å². The molecular weight excluding hydrogens is 535 g/mol. The minimum absolute atomic E-state index is 0.0158. The monoisotopic (exact) mass is 567 g/mol.